The molecule has 2 amide bonds. The van der Waals surface area contributed by atoms with Gasteiger partial charge in [-0.05, 0) is 24.3 Å². The van der Waals surface area contributed by atoms with E-state index in [2.05, 4.69) is 25.7 Å². The van der Waals surface area contributed by atoms with Crippen molar-refractivity contribution in [2.24, 2.45) is 0 Å². The number of nitrogens with one attached hydrogen (secondary N) is 2. The van der Waals surface area contributed by atoms with E-state index >= 15 is 0 Å². The van der Waals surface area contributed by atoms with Gasteiger partial charge in [-0.3, -0.25) is 0 Å². The van der Waals surface area contributed by atoms with E-state index in [1.54, 1.807) is 18.3 Å². The summed E-state index contributed by atoms with van der Waals surface area (Å²) in [7, 11) is 0. The summed E-state index contributed by atoms with van der Waals surface area (Å²) in [5, 5.41) is 10.7. The zero-order valence-corrected chi connectivity index (χ0v) is 13.8. The van der Waals surface area contributed by atoms with E-state index in [-0.39, 0.29) is 6.03 Å². The highest BCUT2D eigenvalue weighted by Gasteiger charge is 2.10. The standard InChI is InChI=1S/C18H16N6O2/c25-18(21-9-7-14-10-13-4-1-2-6-16(13)26-14)23-15-5-3-8-20-17(15)24-12-19-11-22-24/h1-6,8,10-12H,7,9H2,(H2,21,23,25). The predicted octanol–water partition coefficient (Wildman–Crippen LogP) is 2.77. The SMILES string of the molecule is O=C(NCCc1cc2ccccc2o1)Nc1cccnc1-n1cncn1. The maximum Gasteiger partial charge on any atom is 0.319 e. The Labute approximate surface area is 148 Å². The van der Waals surface area contributed by atoms with Crippen molar-refractivity contribution in [2.45, 2.75) is 6.42 Å². The van der Waals surface area contributed by atoms with Crippen LogP contribution in [0.5, 0.6) is 0 Å². The van der Waals surface area contributed by atoms with Crippen LogP contribution in [0.25, 0.3) is 16.8 Å². The van der Waals surface area contributed by atoms with Gasteiger partial charge < -0.3 is 15.1 Å². The van der Waals surface area contributed by atoms with Gasteiger partial charge in [0.2, 0.25) is 0 Å². The Morgan fingerprint density at radius 1 is 1.19 bits per heavy atom. The Hall–Kier alpha value is -3.68. The maximum atomic E-state index is 12.2. The van der Waals surface area contributed by atoms with E-state index in [4.69, 9.17) is 4.42 Å². The van der Waals surface area contributed by atoms with Gasteiger partial charge in [0.25, 0.3) is 0 Å². The van der Waals surface area contributed by atoms with Crippen LogP contribution in [-0.4, -0.2) is 32.3 Å². The van der Waals surface area contributed by atoms with Crippen LogP contribution in [0.15, 0.2) is 65.7 Å². The summed E-state index contributed by atoms with van der Waals surface area (Å²) >= 11 is 0. The topological polar surface area (TPSA) is 97.9 Å². The fourth-order valence-electron chi connectivity index (χ4n) is 2.62. The number of anilines is 1. The van der Waals surface area contributed by atoms with Crippen LogP contribution >= 0.6 is 0 Å². The fraction of sp³-hybridized carbons (Fsp3) is 0.111. The molecular weight excluding hydrogens is 332 g/mol. The second kappa shape index (κ2) is 7.06. The van der Waals surface area contributed by atoms with E-state index in [0.717, 1.165) is 16.7 Å². The zero-order valence-electron chi connectivity index (χ0n) is 13.8. The van der Waals surface area contributed by atoms with Gasteiger partial charge in [0.15, 0.2) is 5.82 Å². The minimum Gasteiger partial charge on any atom is -0.461 e. The Morgan fingerprint density at radius 2 is 2.12 bits per heavy atom. The molecule has 3 aromatic heterocycles. The lowest BCUT2D eigenvalue weighted by atomic mass is 10.2. The zero-order chi connectivity index (χ0) is 17.8. The second-order valence-electron chi connectivity index (χ2n) is 5.60. The second-order valence-corrected chi connectivity index (χ2v) is 5.60. The molecule has 3 heterocycles. The van der Waals surface area contributed by atoms with E-state index in [9.17, 15) is 4.79 Å². The molecule has 0 aliphatic carbocycles. The molecule has 0 saturated carbocycles. The van der Waals surface area contributed by atoms with Gasteiger partial charge in [0.1, 0.15) is 24.0 Å². The van der Waals surface area contributed by atoms with Crippen molar-refractivity contribution in [3.05, 3.63) is 67.1 Å². The lowest BCUT2D eigenvalue weighted by molar-refractivity contribution is 0.252. The van der Waals surface area contributed by atoms with Crippen molar-refractivity contribution >= 4 is 22.7 Å². The maximum absolute atomic E-state index is 12.2. The highest BCUT2D eigenvalue weighted by molar-refractivity contribution is 5.91. The molecule has 8 heteroatoms. The van der Waals surface area contributed by atoms with Crippen LogP contribution in [0.2, 0.25) is 0 Å². The first kappa shape index (κ1) is 15.8. The summed E-state index contributed by atoms with van der Waals surface area (Å²) in [4.78, 5) is 20.3. The summed E-state index contributed by atoms with van der Waals surface area (Å²) in [5.74, 6) is 1.33. The van der Waals surface area contributed by atoms with E-state index < -0.39 is 0 Å². The number of furan rings is 1. The Balaban J connectivity index is 1.36. The molecule has 0 radical (unpaired) electrons. The third kappa shape index (κ3) is 3.39. The molecule has 26 heavy (non-hydrogen) atoms. The van der Waals surface area contributed by atoms with Crippen LogP contribution in [0.3, 0.4) is 0 Å². The van der Waals surface area contributed by atoms with Crippen LogP contribution in [0.1, 0.15) is 5.76 Å². The Bertz CT molecular complexity index is 992. The number of para-hydroxylation sites is 1. The van der Waals surface area contributed by atoms with Gasteiger partial charge in [0, 0.05) is 24.5 Å². The van der Waals surface area contributed by atoms with Crippen LogP contribution < -0.4 is 10.6 Å². The van der Waals surface area contributed by atoms with Gasteiger partial charge in [-0.2, -0.15) is 5.10 Å². The summed E-state index contributed by atoms with van der Waals surface area (Å²) in [5.41, 5.74) is 1.39. The minimum atomic E-state index is -0.324. The number of fused-ring (bicyclic) bond motifs is 1. The molecule has 0 aliphatic rings. The number of amides is 2. The molecule has 4 aromatic rings. The largest absolute Gasteiger partial charge is 0.461 e. The normalized spacial score (nSPS) is 10.8. The summed E-state index contributed by atoms with van der Waals surface area (Å²) in [6.07, 6.45) is 5.16. The molecular formula is C18H16N6O2. The molecule has 0 unspecified atom stereocenters. The average Bonchev–Trinajstić information content (AvgIpc) is 3.31. The summed E-state index contributed by atoms with van der Waals surface area (Å²) in [6.45, 7) is 0.449. The Kier molecular flexibility index (Phi) is 4.29. The number of benzene rings is 1. The molecule has 130 valence electrons. The first-order valence-corrected chi connectivity index (χ1v) is 8.12. The molecule has 0 spiro atoms. The number of rotatable bonds is 5. The number of aromatic nitrogens is 4. The number of carbonyl (C=O) groups excluding carboxylic acids is 1. The van der Waals surface area contributed by atoms with Crippen molar-refractivity contribution in [1.82, 2.24) is 25.1 Å². The third-order valence-corrected chi connectivity index (χ3v) is 3.80. The number of hydrogen-bond acceptors (Lipinski definition) is 5. The van der Waals surface area contributed by atoms with E-state index in [1.165, 1.54) is 17.3 Å². The minimum absolute atomic E-state index is 0.324. The third-order valence-electron chi connectivity index (χ3n) is 3.80. The van der Waals surface area contributed by atoms with E-state index in [1.807, 2.05) is 30.3 Å². The Morgan fingerprint density at radius 3 is 2.96 bits per heavy atom. The highest BCUT2D eigenvalue weighted by atomic mass is 16.3. The van der Waals surface area contributed by atoms with Crippen LogP contribution in [0, 0.1) is 0 Å². The van der Waals surface area contributed by atoms with Crippen LogP contribution in [0.4, 0.5) is 10.5 Å². The smallest absolute Gasteiger partial charge is 0.319 e. The van der Waals surface area contributed by atoms with Crippen LogP contribution in [-0.2, 0) is 6.42 Å². The van der Waals surface area contributed by atoms with Gasteiger partial charge >= 0.3 is 6.03 Å². The molecule has 0 saturated heterocycles. The van der Waals surface area contributed by atoms with Crippen molar-refractivity contribution in [2.75, 3.05) is 11.9 Å². The molecule has 1 aromatic carbocycles. The summed E-state index contributed by atoms with van der Waals surface area (Å²) in [6, 6.07) is 13.0. The van der Waals surface area contributed by atoms with Gasteiger partial charge in [-0.1, -0.05) is 18.2 Å². The van der Waals surface area contributed by atoms with Crippen molar-refractivity contribution in [1.29, 1.82) is 0 Å². The lowest BCUT2D eigenvalue weighted by Crippen LogP contribution is -2.30. The molecule has 4 rings (SSSR count). The number of nitrogens with zero attached hydrogens (tertiary/aromatic N) is 4. The first-order valence-electron chi connectivity index (χ1n) is 8.12. The van der Waals surface area contributed by atoms with Gasteiger partial charge in [-0.15, -0.1) is 0 Å². The molecule has 2 N–H and O–H groups in total. The number of pyridine rings is 1. The fourth-order valence-corrected chi connectivity index (χ4v) is 2.62. The summed E-state index contributed by atoms with van der Waals surface area (Å²) < 4.78 is 7.23. The van der Waals surface area contributed by atoms with Crippen molar-refractivity contribution < 1.29 is 9.21 Å². The number of hydrogen-bond donors (Lipinski definition) is 2. The quantitative estimate of drug-likeness (QED) is 0.578. The molecule has 0 fully saturated rings. The average molecular weight is 348 g/mol. The molecule has 0 atom stereocenters. The number of urea groups is 1. The highest BCUT2D eigenvalue weighted by Crippen LogP contribution is 2.19. The van der Waals surface area contributed by atoms with Gasteiger partial charge in [-0.25, -0.2) is 19.4 Å². The van der Waals surface area contributed by atoms with E-state index in [0.29, 0.717) is 24.5 Å². The first-order chi connectivity index (χ1) is 12.8. The van der Waals surface area contributed by atoms with Crippen molar-refractivity contribution in [3.8, 4) is 5.82 Å². The lowest BCUT2D eigenvalue weighted by Gasteiger charge is -2.10. The molecule has 0 aliphatic heterocycles. The predicted molar refractivity (Wildman–Crippen MR) is 96.1 cm³/mol. The van der Waals surface area contributed by atoms with Crippen molar-refractivity contribution in [3.63, 3.8) is 0 Å². The monoisotopic (exact) mass is 348 g/mol. The molecule has 8 nitrogen and oxygen atoms in total. The van der Waals surface area contributed by atoms with Gasteiger partial charge in [0.05, 0.1) is 5.69 Å². The molecule has 0 bridgehead atoms. The number of carbonyl (C=O) groups is 1.